The lowest BCUT2D eigenvalue weighted by Gasteiger charge is -2.09. The van der Waals surface area contributed by atoms with Crippen LogP contribution < -0.4 is 0 Å². The lowest BCUT2D eigenvalue weighted by Crippen LogP contribution is -1.99. The molecule has 1 aliphatic carbocycles. The van der Waals surface area contributed by atoms with Gasteiger partial charge in [-0.05, 0) is 47.7 Å². The van der Waals surface area contributed by atoms with Crippen LogP contribution in [0.2, 0.25) is 0 Å². The Morgan fingerprint density at radius 2 is 2.06 bits per heavy atom. The van der Waals surface area contributed by atoms with Crippen molar-refractivity contribution in [1.29, 1.82) is 0 Å². The molecule has 2 nitrogen and oxygen atoms in total. The van der Waals surface area contributed by atoms with E-state index in [1.54, 1.807) is 0 Å². The molecule has 1 aliphatic rings. The zero-order chi connectivity index (χ0) is 12.0. The van der Waals surface area contributed by atoms with E-state index < -0.39 is 0 Å². The standard InChI is InChI=1S/C14H12BrNO/c1-8(16-17)10-5-6-12-13(15)7-3-9-2-4-11(10)14(9)12/h3,5-7,17H,2,4H2,1H3/b16-8+. The summed E-state index contributed by atoms with van der Waals surface area (Å²) >= 11 is 3.59. The molecule has 2 aromatic rings. The van der Waals surface area contributed by atoms with Gasteiger partial charge in [-0.3, -0.25) is 0 Å². The molecule has 0 spiro atoms. The average Bonchev–Trinajstić information content (AvgIpc) is 2.78. The van der Waals surface area contributed by atoms with Gasteiger partial charge in [-0.15, -0.1) is 0 Å². The van der Waals surface area contributed by atoms with Crippen molar-refractivity contribution in [2.75, 3.05) is 0 Å². The zero-order valence-corrected chi connectivity index (χ0v) is 11.1. The summed E-state index contributed by atoms with van der Waals surface area (Å²) in [5, 5.41) is 14.8. The fraction of sp³-hybridized carbons (Fsp3) is 0.214. The fourth-order valence-corrected chi connectivity index (χ4v) is 3.14. The van der Waals surface area contributed by atoms with Gasteiger partial charge in [-0.2, -0.15) is 0 Å². The van der Waals surface area contributed by atoms with E-state index in [4.69, 9.17) is 5.21 Å². The molecule has 0 saturated heterocycles. The molecule has 0 aliphatic heterocycles. The first-order valence-corrected chi connectivity index (χ1v) is 6.43. The van der Waals surface area contributed by atoms with Gasteiger partial charge in [0.25, 0.3) is 0 Å². The van der Waals surface area contributed by atoms with Crippen LogP contribution in [0.1, 0.15) is 23.6 Å². The van der Waals surface area contributed by atoms with Crippen LogP contribution >= 0.6 is 15.9 Å². The van der Waals surface area contributed by atoms with Crippen molar-refractivity contribution in [1.82, 2.24) is 0 Å². The molecule has 0 amide bonds. The lowest BCUT2D eigenvalue weighted by molar-refractivity contribution is 0.319. The molecule has 0 heterocycles. The molecule has 0 aromatic heterocycles. The summed E-state index contributed by atoms with van der Waals surface area (Å²) in [5.41, 5.74) is 4.46. The summed E-state index contributed by atoms with van der Waals surface area (Å²) in [6.07, 6.45) is 2.11. The van der Waals surface area contributed by atoms with Crippen LogP contribution in [0.3, 0.4) is 0 Å². The number of benzene rings is 2. The smallest absolute Gasteiger partial charge is 0.0839 e. The van der Waals surface area contributed by atoms with Crippen LogP contribution in [0.25, 0.3) is 10.8 Å². The Labute approximate surface area is 108 Å². The van der Waals surface area contributed by atoms with Crippen LogP contribution in [0.5, 0.6) is 0 Å². The fourth-order valence-electron chi connectivity index (χ4n) is 2.68. The van der Waals surface area contributed by atoms with Crippen LogP contribution in [0, 0.1) is 0 Å². The summed E-state index contributed by atoms with van der Waals surface area (Å²) in [6.45, 7) is 1.84. The zero-order valence-electron chi connectivity index (χ0n) is 9.50. The van der Waals surface area contributed by atoms with Crippen molar-refractivity contribution < 1.29 is 5.21 Å². The normalized spacial score (nSPS) is 14.6. The predicted octanol–water partition coefficient (Wildman–Crippen LogP) is 3.90. The number of hydrogen-bond acceptors (Lipinski definition) is 2. The van der Waals surface area contributed by atoms with Crippen molar-refractivity contribution in [2.45, 2.75) is 19.8 Å². The van der Waals surface area contributed by atoms with Crippen LogP contribution in [-0.4, -0.2) is 10.9 Å². The van der Waals surface area contributed by atoms with E-state index in [9.17, 15) is 0 Å². The SMILES string of the molecule is C/C(=N\O)c1ccc2c(Br)ccc3c2c1CC3. The number of halogens is 1. The van der Waals surface area contributed by atoms with Crippen LogP contribution in [-0.2, 0) is 12.8 Å². The molecule has 0 bridgehead atoms. The Balaban J connectivity index is 2.42. The van der Waals surface area contributed by atoms with E-state index in [-0.39, 0.29) is 0 Å². The second kappa shape index (κ2) is 3.84. The summed E-state index contributed by atoms with van der Waals surface area (Å²) in [6, 6.07) is 8.44. The van der Waals surface area contributed by atoms with Gasteiger partial charge in [0.2, 0.25) is 0 Å². The highest BCUT2D eigenvalue weighted by molar-refractivity contribution is 9.10. The van der Waals surface area contributed by atoms with Crippen LogP contribution in [0.15, 0.2) is 33.9 Å². The highest BCUT2D eigenvalue weighted by Gasteiger charge is 2.19. The number of nitrogens with zero attached hydrogens (tertiary/aromatic N) is 1. The van der Waals surface area contributed by atoms with E-state index in [0.29, 0.717) is 5.71 Å². The first kappa shape index (κ1) is 10.8. The first-order chi connectivity index (χ1) is 8.22. The Morgan fingerprint density at radius 1 is 1.24 bits per heavy atom. The quantitative estimate of drug-likeness (QED) is 0.482. The highest BCUT2D eigenvalue weighted by Crippen LogP contribution is 2.37. The second-order valence-electron chi connectivity index (χ2n) is 4.41. The summed E-state index contributed by atoms with van der Waals surface area (Å²) < 4.78 is 1.13. The maximum Gasteiger partial charge on any atom is 0.0839 e. The second-order valence-corrected chi connectivity index (χ2v) is 5.26. The van der Waals surface area contributed by atoms with Gasteiger partial charge in [0.15, 0.2) is 0 Å². The molecular weight excluding hydrogens is 278 g/mol. The minimum absolute atomic E-state index is 0.690. The van der Waals surface area contributed by atoms with Gasteiger partial charge in [-0.1, -0.05) is 39.3 Å². The van der Waals surface area contributed by atoms with Crippen molar-refractivity contribution in [3.63, 3.8) is 0 Å². The van der Waals surface area contributed by atoms with Gasteiger partial charge in [0, 0.05) is 10.0 Å². The minimum Gasteiger partial charge on any atom is -0.411 e. The molecule has 0 unspecified atom stereocenters. The van der Waals surface area contributed by atoms with Crippen molar-refractivity contribution in [3.8, 4) is 0 Å². The molecule has 0 radical (unpaired) electrons. The van der Waals surface area contributed by atoms with Gasteiger partial charge < -0.3 is 5.21 Å². The molecule has 1 N–H and O–H groups in total. The summed E-state index contributed by atoms with van der Waals surface area (Å²) in [5.74, 6) is 0. The van der Waals surface area contributed by atoms with Crippen molar-refractivity contribution in [2.24, 2.45) is 5.16 Å². The molecular formula is C14H12BrNO. The maximum absolute atomic E-state index is 8.93. The number of hydrogen-bond donors (Lipinski definition) is 1. The topological polar surface area (TPSA) is 32.6 Å². The number of oxime groups is 1. The van der Waals surface area contributed by atoms with Crippen molar-refractivity contribution in [3.05, 3.63) is 45.4 Å². The average molecular weight is 290 g/mol. The Kier molecular flexibility index (Phi) is 2.44. The third-order valence-corrected chi connectivity index (χ3v) is 4.20. The van der Waals surface area contributed by atoms with E-state index in [2.05, 4.69) is 39.3 Å². The molecule has 0 saturated carbocycles. The van der Waals surface area contributed by atoms with E-state index in [1.165, 1.54) is 21.9 Å². The summed E-state index contributed by atoms with van der Waals surface area (Å²) in [7, 11) is 0. The third-order valence-electron chi connectivity index (χ3n) is 3.51. The lowest BCUT2D eigenvalue weighted by atomic mass is 9.98. The Bertz CT molecular complexity index is 646. The maximum atomic E-state index is 8.93. The monoisotopic (exact) mass is 289 g/mol. The molecule has 3 heteroatoms. The molecule has 3 rings (SSSR count). The molecule has 17 heavy (non-hydrogen) atoms. The third kappa shape index (κ3) is 1.49. The molecule has 2 aromatic carbocycles. The minimum atomic E-state index is 0.690. The highest BCUT2D eigenvalue weighted by atomic mass is 79.9. The van der Waals surface area contributed by atoms with Crippen LogP contribution in [0.4, 0.5) is 0 Å². The number of rotatable bonds is 1. The Morgan fingerprint density at radius 3 is 2.82 bits per heavy atom. The van der Waals surface area contributed by atoms with Gasteiger partial charge >= 0.3 is 0 Å². The van der Waals surface area contributed by atoms with Crippen molar-refractivity contribution >= 4 is 32.4 Å². The molecule has 0 fully saturated rings. The first-order valence-electron chi connectivity index (χ1n) is 5.64. The summed E-state index contributed by atoms with van der Waals surface area (Å²) in [4.78, 5) is 0. The number of aryl methyl sites for hydroxylation is 2. The van der Waals surface area contributed by atoms with E-state index in [0.717, 1.165) is 22.9 Å². The van der Waals surface area contributed by atoms with E-state index >= 15 is 0 Å². The predicted molar refractivity (Wildman–Crippen MR) is 73.1 cm³/mol. The molecule has 0 atom stereocenters. The van der Waals surface area contributed by atoms with Gasteiger partial charge in [0.05, 0.1) is 5.71 Å². The molecule has 86 valence electrons. The van der Waals surface area contributed by atoms with E-state index in [1.807, 2.05) is 13.0 Å². The van der Waals surface area contributed by atoms with Gasteiger partial charge in [0.1, 0.15) is 0 Å². The largest absolute Gasteiger partial charge is 0.411 e. The van der Waals surface area contributed by atoms with Gasteiger partial charge in [-0.25, -0.2) is 0 Å². The Hall–Kier alpha value is -1.35.